The fourth-order valence-corrected chi connectivity index (χ4v) is 13.7. The summed E-state index contributed by atoms with van der Waals surface area (Å²) < 4.78 is 5.55. The second-order valence-electron chi connectivity index (χ2n) is 28.6. The van der Waals surface area contributed by atoms with Crippen molar-refractivity contribution in [3.05, 3.63) is 184 Å². The highest BCUT2D eigenvalue weighted by Gasteiger charge is 2.46. The van der Waals surface area contributed by atoms with Crippen molar-refractivity contribution >= 4 is 105 Å². The van der Waals surface area contributed by atoms with Gasteiger partial charge >= 0.3 is 6.03 Å². The van der Waals surface area contributed by atoms with E-state index in [1.54, 1.807) is 105 Å². The molecule has 31 heteroatoms. The van der Waals surface area contributed by atoms with Crippen LogP contribution < -0.4 is 64.6 Å². The number of hydrogen-bond acceptors (Lipinski definition) is 16. The smallest absolute Gasteiger partial charge is 0.325 e. The number of amides is 13. The Bertz CT molecular complexity index is 4300. The number of morpholine rings is 1. The summed E-state index contributed by atoms with van der Waals surface area (Å²) in [6, 6.07) is 27.2. The van der Waals surface area contributed by atoms with E-state index < -0.39 is 132 Å². The Balaban J connectivity index is 0.991. The number of primary amides is 1. The lowest BCUT2D eigenvalue weighted by Gasteiger charge is -2.31. The molecule has 6 aromatic rings. The Morgan fingerprint density at radius 1 is 0.595 bits per heavy atom. The monoisotopic (exact) mass is 1540 g/mol. The van der Waals surface area contributed by atoms with Crippen molar-refractivity contribution in [1.29, 1.82) is 5.41 Å². The Hall–Kier alpha value is -11.3. The fraction of sp³-hybridized carbons (Fsp3) is 0.412. The van der Waals surface area contributed by atoms with Crippen molar-refractivity contribution in [1.82, 2.24) is 62.6 Å². The zero-order chi connectivity index (χ0) is 79.8. The van der Waals surface area contributed by atoms with E-state index in [1.165, 1.54) is 18.7 Å². The summed E-state index contributed by atoms with van der Waals surface area (Å²) in [7, 11) is 0. The van der Waals surface area contributed by atoms with Gasteiger partial charge in [0.15, 0.2) is 5.96 Å². The van der Waals surface area contributed by atoms with Crippen LogP contribution in [-0.4, -0.2) is 203 Å². The number of imide groups is 1. The van der Waals surface area contributed by atoms with Gasteiger partial charge in [-0.2, -0.15) is 0 Å². The van der Waals surface area contributed by atoms with Crippen molar-refractivity contribution in [3.8, 4) is 0 Å². The van der Waals surface area contributed by atoms with Gasteiger partial charge in [0.05, 0.1) is 19.8 Å². The molecule has 0 aromatic heterocycles. The molecule has 9 rings (SSSR count). The first-order valence-corrected chi connectivity index (χ1v) is 37.6. The summed E-state index contributed by atoms with van der Waals surface area (Å²) in [6.07, 6.45) is -0.0183. The second kappa shape index (κ2) is 40.4. The molecule has 0 aliphatic carbocycles. The number of carbonyl (C=O) groups is 12. The maximum absolute atomic E-state index is 15.4. The standard InChI is InChI=1S/C80H99ClN16O14/c1-47(2)38-61(70(101)88-60(16-10-32-85-79(83)84)77(108)96-33-11-17-67(96)75(106)86-48(3)69(82)100)89-71(102)62(42-52-25-30-59(31-26-52)87-49(4)99)90-72(103)63(41-51-18-20-54(21-19-51)45-95-34-36-111-37-35-95)91-74(105)66(46-98)93-73(104)64(40-50-12-6-5-7-13-50)92-76(107)68(44-53-23-28-58(81)29-24-53)97-78(109)65(94-80(97)110)43-55-22-27-56-14-8-9-15-57(56)39-55/h5-9,12-15,18-31,39,47-48,60-68,98H,10-11,16-17,32-38,40-46H2,1-4H3,(H2,82,100)(H,86,106)(H,87,99)(H,88,101)(H,89,102)(H,90,103)(H,91,105)(H,92,107)(H,93,104)(H,94,110)(H4,83,84,85)/t48-,60+,61+,62-,63+,64-,65?,66+,67+,68?/m1/s1. The maximum Gasteiger partial charge on any atom is 0.325 e. The van der Waals surface area contributed by atoms with Crippen LogP contribution in [0.1, 0.15) is 93.2 Å². The summed E-state index contributed by atoms with van der Waals surface area (Å²) in [5.74, 6) is -9.35. The van der Waals surface area contributed by atoms with Crippen LogP contribution in [0, 0.1) is 11.3 Å². The number of ether oxygens (including phenoxy) is 1. The topological polar surface area (TPSA) is 440 Å². The highest BCUT2D eigenvalue weighted by atomic mass is 35.5. The summed E-state index contributed by atoms with van der Waals surface area (Å²) in [5, 5.41) is 48.2. The molecule has 3 aliphatic rings. The Labute approximate surface area is 648 Å². The van der Waals surface area contributed by atoms with Crippen LogP contribution in [-0.2, 0) is 96.1 Å². The summed E-state index contributed by atoms with van der Waals surface area (Å²) in [6.45, 7) is 8.64. The zero-order valence-electron chi connectivity index (χ0n) is 62.6. The van der Waals surface area contributed by atoms with E-state index in [0.29, 0.717) is 72.2 Å². The Kier molecular flexibility index (Phi) is 30.4. The minimum Gasteiger partial charge on any atom is -0.394 e. The van der Waals surface area contributed by atoms with Crippen LogP contribution in [0.25, 0.3) is 10.8 Å². The van der Waals surface area contributed by atoms with Crippen LogP contribution in [0.3, 0.4) is 0 Å². The number of guanidine groups is 1. The highest BCUT2D eigenvalue weighted by molar-refractivity contribution is 6.30. The first-order valence-electron chi connectivity index (χ1n) is 37.2. The molecule has 111 heavy (non-hydrogen) atoms. The largest absolute Gasteiger partial charge is 0.394 e. The van der Waals surface area contributed by atoms with E-state index in [-0.39, 0.29) is 88.7 Å². The van der Waals surface area contributed by atoms with Crippen molar-refractivity contribution in [2.45, 2.75) is 159 Å². The number of likely N-dealkylation sites (tertiary alicyclic amines) is 1. The molecule has 0 spiro atoms. The van der Waals surface area contributed by atoms with Crippen molar-refractivity contribution in [2.24, 2.45) is 17.4 Å². The molecule has 3 heterocycles. The average Bonchev–Trinajstić information content (AvgIpc) is 1.65. The van der Waals surface area contributed by atoms with Gasteiger partial charge in [0.2, 0.25) is 59.1 Å². The van der Waals surface area contributed by atoms with Gasteiger partial charge in [0, 0.05) is 82.5 Å². The normalized spacial score (nSPS) is 17.1. The third kappa shape index (κ3) is 24.6. The molecule has 3 aliphatic heterocycles. The van der Waals surface area contributed by atoms with Gasteiger partial charge in [-0.25, -0.2) is 9.69 Å². The van der Waals surface area contributed by atoms with Crippen LogP contribution in [0.5, 0.6) is 0 Å². The number of aliphatic hydroxyl groups is 1. The lowest BCUT2D eigenvalue weighted by atomic mass is 9.99. The van der Waals surface area contributed by atoms with Gasteiger partial charge in [0.1, 0.15) is 60.4 Å². The van der Waals surface area contributed by atoms with Gasteiger partial charge in [-0.15, -0.1) is 0 Å². The molecule has 0 saturated carbocycles. The van der Waals surface area contributed by atoms with Crippen LogP contribution in [0.15, 0.2) is 146 Å². The van der Waals surface area contributed by atoms with Gasteiger partial charge in [0.25, 0.3) is 5.91 Å². The van der Waals surface area contributed by atoms with E-state index in [9.17, 15) is 43.5 Å². The molecule has 3 fully saturated rings. The highest BCUT2D eigenvalue weighted by Crippen LogP contribution is 2.25. The van der Waals surface area contributed by atoms with Crippen LogP contribution >= 0.6 is 11.6 Å². The van der Waals surface area contributed by atoms with E-state index >= 15 is 19.2 Å². The number of halogens is 1. The molecular weight excluding hydrogens is 1440 g/mol. The van der Waals surface area contributed by atoms with Gasteiger partial charge in [-0.1, -0.05) is 147 Å². The number of aliphatic hydroxyl groups excluding tert-OH is 1. The summed E-state index contributed by atoms with van der Waals surface area (Å²) in [5.41, 5.74) is 15.1. The second-order valence-corrected chi connectivity index (χ2v) is 29.0. The number of fused-ring (bicyclic) bond motifs is 1. The number of nitrogens with one attached hydrogen (secondary N) is 11. The third-order valence-corrected chi connectivity index (χ3v) is 19.8. The Morgan fingerprint density at radius 2 is 1.11 bits per heavy atom. The summed E-state index contributed by atoms with van der Waals surface area (Å²) >= 11 is 6.28. The van der Waals surface area contributed by atoms with E-state index in [2.05, 4.69) is 58.1 Å². The van der Waals surface area contributed by atoms with E-state index in [1.807, 2.05) is 54.6 Å². The van der Waals surface area contributed by atoms with E-state index in [0.717, 1.165) is 26.8 Å². The van der Waals surface area contributed by atoms with Gasteiger partial charge in [-0.3, -0.25) is 63.0 Å². The predicted molar refractivity (Wildman–Crippen MR) is 415 cm³/mol. The van der Waals surface area contributed by atoms with Crippen molar-refractivity contribution in [2.75, 3.05) is 51.3 Å². The molecule has 6 aromatic carbocycles. The molecule has 3 saturated heterocycles. The molecular formula is C80H99ClN16O14. The van der Waals surface area contributed by atoms with Crippen LogP contribution in [0.4, 0.5) is 10.5 Å². The first kappa shape index (κ1) is 83.7. The number of rotatable bonds is 37. The zero-order valence-corrected chi connectivity index (χ0v) is 63.3. The number of nitrogens with zero attached hydrogens (tertiary/aromatic N) is 3. The fourth-order valence-electron chi connectivity index (χ4n) is 13.6. The van der Waals surface area contributed by atoms with Crippen molar-refractivity contribution < 1.29 is 67.4 Å². The van der Waals surface area contributed by atoms with Gasteiger partial charge in [-0.05, 0) is 113 Å². The number of carbonyl (C=O) groups excluding carboxylic acids is 12. The SMILES string of the molecule is CC(=O)Nc1ccc(C[C@@H](NC(=O)[C@H](Cc2ccc(CN3CCOCC3)cc2)NC(=O)[C@H](CO)NC(=O)[C@@H](Cc2ccccc2)NC(=O)C(Cc2ccc(Cl)cc2)N2C(=O)NC(Cc3ccc4ccccc4c3)C2=O)C(=O)N[C@@H](CC(C)C)C(=O)N[C@@H](CCCNC(=N)N)C(=O)N2CCC[C@H]2C(=O)N[C@H](C)C(N)=O)cc1. The lowest BCUT2D eigenvalue weighted by molar-refractivity contribution is -0.142. The molecule has 590 valence electrons. The van der Waals surface area contributed by atoms with Crippen LogP contribution in [0.2, 0.25) is 5.02 Å². The molecule has 16 N–H and O–H groups in total. The van der Waals surface area contributed by atoms with Crippen molar-refractivity contribution in [3.63, 3.8) is 0 Å². The first-order chi connectivity index (χ1) is 53.2. The molecule has 30 nitrogen and oxygen atoms in total. The molecule has 13 amide bonds. The minimum atomic E-state index is -1.83. The third-order valence-electron chi connectivity index (χ3n) is 19.5. The predicted octanol–water partition coefficient (Wildman–Crippen LogP) is 2.28. The molecule has 10 atom stereocenters. The number of hydrogen-bond donors (Lipinski definition) is 14. The average molecular weight is 1540 g/mol. The summed E-state index contributed by atoms with van der Waals surface area (Å²) in [4.78, 5) is 176. The molecule has 0 radical (unpaired) electrons. The van der Waals surface area contributed by atoms with Gasteiger partial charge < -0.3 is 79.4 Å². The number of urea groups is 1. The molecule has 0 bridgehead atoms. The maximum atomic E-state index is 15.4. The number of anilines is 1. The Morgan fingerprint density at radius 3 is 1.70 bits per heavy atom. The van der Waals surface area contributed by atoms with E-state index in [4.69, 9.17) is 33.2 Å². The minimum absolute atomic E-state index is 0.00637. The quantitative estimate of drug-likeness (QED) is 0.0115. The molecule has 2 unspecified atom stereocenters. The number of nitrogens with two attached hydrogens (primary N) is 2. The number of benzene rings is 6. The lowest BCUT2D eigenvalue weighted by Crippen LogP contribution is -2.61.